The molecule has 2 heteroatoms. The van der Waals surface area contributed by atoms with Gasteiger partial charge >= 0.3 is 0 Å². The van der Waals surface area contributed by atoms with Crippen molar-refractivity contribution in [1.82, 2.24) is 5.43 Å². The lowest BCUT2D eigenvalue weighted by Gasteiger charge is -2.30. The maximum atomic E-state index is 5.23. The standard InChI is InChI=1S/C6H14N2/c1-5(8-7)6-3-2-4-6/h5-6,8H,2-4,7H2,1H3/t5-/m1/s1. The minimum atomic E-state index is 0.531. The maximum absolute atomic E-state index is 5.23. The van der Waals surface area contributed by atoms with Crippen LogP contribution in [-0.2, 0) is 0 Å². The number of hydrazine groups is 1. The molecule has 8 heavy (non-hydrogen) atoms. The van der Waals surface area contributed by atoms with Gasteiger partial charge in [0, 0.05) is 6.04 Å². The average Bonchev–Trinajstić information content (AvgIpc) is 1.62. The highest BCUT2D eigenvalue weighted by Crippen LogP contribution is 2.28. The van der Waals surface area contributed by atoms with Gasteiger partial charge in [-0.2, -0.15) is 0 Å². The molecule has 0 aromatic carbocycles. The smallest absolute Gasteiger partial charge is 0.0210 e. The molecule has 0 aromatic heterocycles. The van der Waals surface area contributed by atoms with Gasteiger partial charge in [0.15, 0.2) is 0 Å². The first-order chi connectivity index (χ1) is 3.84. The monoisotopic (exact) mass is 114 g/mol. The van der Waals surface area contributed by atoms with Crippen LogP contribution in [-0.4, -0.2) is 6.04 Å². The zero-order chi connectivity index (χ0) is 5.98. The van der Waals surface area contributed by atoms with Crippen LogP contribution in [0.4, 0.5) is 0 Å². The van der Waals surface area contributed by atoms with Crippen LogP contribution in [0.25, 0.3) is 0 Å². The number of rotatable bonds is 2. The summed E-state index contributed by atoms with van der Waals surface area (Å²) in [5, 5.41) is 0. The van der Waals surface area contributed by atoms with E-state index in [0.29, 0.717) is 6.04 Å². The van der Waals surface area contributed by atoms with E-state index in [9.17, 15) is 0 Å². The Bertz CT molecular complexity index is 66.2. The molecule has 1 fully saturated rings. The Labute approximate surface area is 50.4 Å². The zero-order valence-electron chi connectivity index (χ0n) is 5.35. The average molecular weight is 114 g/mol. The third-order valence-corrected chi connectivity index (χ3v) is 2.12. The Balaban J connectivity index is 2.13. The van der Waals surface area contributed by atoms with E-state index in [1.54, 1.807) is 0 Å². The molecule has 3 N–H and O–H groups in total. The largest absolute Gasteiger partial charge is 0.271 e. The molecule has 1 saturated carbocycles. The van der Waals surface area contributed by atoms with Crippen molar-refractivity contribution in [3.05, 3.63) is 0 Å². The van der Waals surface area contributed by atoms with E-state index in [1.807, 2.05) is 0 Å². The molecule has 0 bridgehead atoms. The van der Waals surface area contributed by atoms with Crippen LogP contribution in [0.3, 0.4) is 0 Å². The van der Waals surface area contributed by atoms with Crippen LogP contribution in [0.15, 0.2) is 0 Å². The van der Waals surface area contributed by atoms with E-state index in [2.05, 4.69) is 12.3 Å². The minimum Gasteiger partial charge on any atom is -0.271 e. The molecular weight excluding hydrogens is 100 g/mol. The van der Waals surface area contributed by atoms with Crippen molar-refractivity contribution in [3.8, 4) is 0 Å². The Morgan fingerprint density at radius 2 is 2.25 bits per heavy atom. The number of nitrogens with two attached hydrogens (primary N) is 1. The van der Waals surface area contributed by atoms with Gasteiger partial charge in [-0.25, -0.2) is 0 Å². The molecule has 1 rings (SSSR count). The molecule has 0 spiro atoms. The molecule has 48 valence electrons. The van der Waals surface area contributed by atoms with Crippen molar-refractivity contribution < 1.29 is 0 Å². The molecule has 0 aromatic rings. The summed E-state index contributed by atoms with van der Waals surface area (Å²) >= 11 is 0. The Hall–Kier alpha value is -0.0800. The maximum Gasteiger partial charge on any atom is 0.0210 e. The van der Waals surface area contributed by atoms with Crippen LogP contribution in [0, 0.1) is 5.92 Å². The van der Waals surface area contributed by atoms with Crippen molar-refractivity contribution in [2.45, 2.75) is 32.2 Å². The van der Waals surface area contributed by atoms with Crippen molar-refractivity contribution in [1.29, 1.82) is 0 Å². The van der Waals surface area contributed by atoms with Gasteiger partial charge in [-0.15, -0.1) is 0 Å². The second-order valence-electron chi connectivity index (χ2n) is 2.65. The summed E-state index contributed by atoms with van der Waals surface area (Å²) in [5.74, 6) is 6.09. The van der Waals surface area contributed by atoms with E-state index in [-0.39, 0.29) is 0 Å². The second-order valence-corrected chi connectivity index (χ2v) is 2.65. The quantitative estimate of drug-likeness (QED) is 0.408. The predicted octanol–water partition coefficient (Wildman–Crippen LogP) is 0.638. The SMILES string of the molecule is C[C@@H](NN)C1CCC1. The van der Waals surface area contributed by atoms with E-state index >= 15 is 0 Å². The Morgan fingerprint density at radius 1 is 1.62 bits per heavy atom. The van der Waals surface area contributed by atoms with Gasteiger partial charge in [-0.1, -0.05) is 6.42 Å². The summed E-state index contributed by atoms with van der Waals surface area (Å²) in [7, 11) is 0. The summed E-state index contributed by atoms with van der Waals surface area (Å²) in [6.07, 6.45) is 4.13. The minimum absolute atomic E-state index is 0.531. The van der Waals surface area contributed by atoms with Crippen molar-refractivity contribution >= 4 is 0 Å². The highest BCUT2D eigenvalue weighted by atomic mass is 15.2. The van der Waals surface area contributed by atoms with Crippen LogP contribution in [0.1, 0.15) is 26.2 Å². The molecule has 2 nitrogen and oxygen atoms in total. The van der Waals surface area contributed by atoms with Crippen LogP contribution in [0.5, 0.6) is 0 Å². The van der Waals surface area contributed by atoms with Crippen molar-refractivity contribution in [3.63, 3.8) is 0 Å². The molecule has 0 aliphatic heterocycles. The first-order valence-electron chi connectivity index (χ1n) is 3.30. The Morgan fingerprint density at radius 3 is 2.38 bits per heavy atom. The van der Waals surface area contributed by atoms with E-state index in [0.717, 1.165) is 5.92 Å². The molecule has 0 unspecified atom stereocenters. The lowest BCUT2D eigenvalue weighted by atomic mass is 9.81. The summed E-state index contributed by atoms with van der Waals surface area (Å²) in [6.45, 7) is 2.14. The van der Waals surface area contributed by atoms with Gasteiger partial charge in [-0.05, 0) is 25.7 Å². The van der Waals surface area contributed by atoms with Crippen LogP contribution >= 0.6 is 0 Å². The molecule has 0 amide bonds. The van der Waals surface area contributed by atoms with Crippen molar-refractivity contribution in [2.24, 2.45) is 11.8 Å². The lowest BCUT2D eigenvalue weighted by Crippen LogP contribution is -2.41. The van der Waals surface area contributed by atoms with Gasteiger partial charge < -0.3 is 0 Å². The second kappa shape index (κ2) is 2.46. The normalized spacial score (nSPS) is 24.8. The van der Waals surface area contributed by atoms with Gasteiger partial charge in [0.25, 0.3) is 0 Å². The first kappa shape index (κ1) is 6.05. The third-order valence-electron chi connectivity index (χ3n) is 2.12. The van der Waals surface area contributed by atoms with Crippen LogP contribution in [0.2, 0.25) is 0 Å². The number of nitrogens with one attached hydrogen (secondary N) is 1. The van der Waals surface area contributed by atoms with E-state index in [1.165, 1.54) is 19.3 Å². The zero-order valence-corrected chi connectivity index (χ0v) is 5.35. The molecule has 1 atom stereocenters. The van der Waals surface area contributed by atoms with Gasteiger partial charge in [0.2, 0.25) is 0 Å². The fourth-order valence-electron chi connectivity index (χ4n) is 1.08. The first-order valence-corrected chi connectivity index (χ1v) is 3.30. The molecule has 0 saturated heterocycles. The lowest BCUT2D eigenvalue weighted by molar-refractivity contribution is 0.242. The van der Waals surface area contributed by atoms with E-state index in [4.69, 9.17) is 5.84 Å². The fourth-order valence-corrected chi connectivity index (χ4v) is 1.08. The van der Waals surface area contributed by atoms with Gasteiger partial charge in [-0.3, -0.25) is 11.3 Å². The summed E-state index contributed by atoms with van der Waals surface area (Å²) in [5.41, 5.74) is 2.77. The van der Waals surface area contributed by atoms with Gasteiger partial charge in [0.1, 0.15) is 0 Å². The fraction of sp³-hybridized carbons (Fsp3) is 1.00. The third kappa shape index (κ3) is 1.01. The highest BCUT2D eigenvalue weighted by molar-refractivity contribution is 4.77. The molecular formula is C6H14N2. The highest BCUT2D eigenvalue weighted by Gasteiger charge is 2.22. The molecule has 0 radical (unpaired) electrons. The Kier molecular flexibility index (Phi) is 1.86. The summed E-state index contributed by atoms with van der Waals surface area (Å²) < 4.78 is 0. The number of hydrogen-bond donors (Lipinski definition) is 2. The topological polar surface area (TPSA) is 38.0 Å². The summed E-state index contributed by atoms with van der Waals surface area (Å²) in [4.78, 5) is 0. The summed E-state index contributed by atoms with van der Waals surface area (Å²) in [6, 6.07) is 0.531. The van der Waals surface area contributed by atoms with Crippen LogP contribution < -0.4 is 11.3 Å². The molecule has 1 aliphatic rings. The molecule has 1 aliphatic carbocycles. The van der Waals surface area contributed by atoms with Gasteiger partial charge in [0.05, 0.1) is 0 Å². The van der Waals surface area contributed by atoms with E-state index < -0.39 is 0 Å². The number of hydrogen-bond acceptors (Lipinski definition) is 2. The van der Waals surface area contributed by atoms with Crippen molar-refractivity contribution in [2.75, 3.05) is 0 Å². The molecule has 0 heterocycles. The predicted molar refractivity (Wildman–Crippen MR) is 34.1 cm³/mol.